The van der Waals surface area contributed by atoms with Gasteiger partial charge in [0.1, 0.15) is 11.9 Å². The van der Waals surface area contributed by atoms with E-state index in [1.807, 2.05) is 6.92 Å². The second-order valence-corrected chi connectivity index (χ2v) is 4.38. The Morgan fingerprint density at radius 2 is 2.25 bits per heavy atom. The van der Waals surface area contributed by atoms with Gasteiger partial charge in [-0.25, -0.2) is 4.39 Å². The number of rotatable bonds is 2. The Hall–Kier alpha value is -1.22. The van der Waals surface area contributed by atoms with E-state index in [1.54, 1.807) is 13.0 Å². The molecule has 0 amide bonds. The van der Waals surface area contributed by atoms with E-state index in [2.05, 4.69) is 0 Å². The fourth-order valence-corrected chi connectivity index (χ4v) is 2.09. The van der Waals surface area contributed by atoms with Crippen molar-refractivity contribution in [2.24, 2.45) is 5.92 Å². The van der Waals surface area contributed by atoms with Crippen molar-refractivity contribution < 1.29 is 13.9 Å². The molecule has 1 saturated heterocycles. The molecule has 2 nitrogen and oxygen atoms in total. The number of halogens is 1. The average Bonchev–Trinajstić information content (AvgIpc) is 2.63. The van der Waals surface area contributed by atoms with E-state index in [0.717, 1.165) is 6.42 Å². The number of ketones is 1. The minimum Gasteiger partial charge on any atom is -0.370 e. The summed E-state index contributed by atoms with van der Waals surface area (Å²) < 4.78 is 18.3. The van der Waals surface area contributed by atoms with Crippen molar-refractivity contribution in [1.82, 2.24) is 0 Å². The largest absolute Gasteiger partial charge is 0.370 e. The first-order valence-electron chi connectivity index (χ1n) is 5.51. The number of benzene rings is 1. The number of aryl methyl sites for hydroxylation is 1. The van der Waals surface area contributed by atoms with Gasteiger partial charge >= 0.3 is 0 Å². The van der Waals surface area contributed by atoms with Crippen molar-refractivity contribution in [3.8, 4) is 0 Å². The van der Waals surface area contributed by atoms with Crippen LogP contribution in [0.2, 0.25) is 0 Å². The van der Waals surface area contributed by atoms with Crippen molar-refractivity contribution in [2.45, 2.75) is 26.4 Å². The number of hydrogen-bond acceptors (Lipinski definition) is 2. The zero-order chi connectivity index (χ0) is 11.7. The molecule has 1 aromatic carbocycles. The molecule has 0 saturated carbocycles. The first-order valence-corrected chi connectivity index (χ1v) is 5.51. The molecule has 2 rings (SSSR count). The minimum absolute atomic E-state index is 0.0255. The van der Waals surface area contributed by atoms with Crippen LogP contribution in [0.1, 0.15) is 29.3 Å². The molecule has 0 aromatic heterocycles. The number of ether oxygens (including phenoxy) is 1. The topological polar surface area (TPSA) is 26.3 Å². The molecule has 2 unspecified atom stereocenters. The molecular formula is C13H15FO2. The normalized spacial score (nSPS) is 24.7. The van der Waals surface area contributed by atoms with E-state index in [9.17, 15) is 9.18 Å². The van der Waals surface area contributed by atoms with Crippen LogP contribution >= 0.6 is 0 Å². The van der Waals surface area contributed by atoms with Gasteiger partial charge < -0.3 is 4.74 Å². The van der Waals surface area contributed by atoms with Gasteiger partial charge in [-0.05, 0) is 43.0 Å². The van der Waals surface area contributed by atoms with E-state index in [-0.39, 0.29) is 23.6 Å². The Kier molecular flexibility index (Phi) is 3.06. The third-order valence-electron chi connectivity index (χ3n) is 3.10. The second-order valence-electron chi connectivity index (χ2n) is 4.38. The van der Waals surface area contributed by atoms with Crippen molar-refractivity contribution in [1.29, 1.82) is 0 Å². The quantitative estimate of drug-likeness (QED) is 0.719. The molecule has 2 atom stereocenters. The summed E-state index contributed by atoms with van der Waals surface area (Å²) in [7, 11) is 0. The molecule has 0 spiro atoms. The van der Waals surface area contributed by atoms with Gasteiger partial charge in [-0.1, -0.05) is 6.92 Å². The highest BCUT2D eigenvalue weighted by molar-refractivity contribution is 6.01. The molecule has 86 valence electrons. The molecule has 1 heterocycles. The smallest absolute Gasteiger partial charge is 0.192 e. The molecule has 0 radical (unpaired) electrons. The lowest BCUT2D eigenvalue weighted by Gasteiger charge is -2.14. The molecule has 0 bridgehead atoms. The van der Waals surface area contributed by atoms with Gasteiger partial charge in [-0.3, -0.25) is 4.79 Å². The predicted octanol–water partition coefficient (Wildman–Crippen LogP) is 2.74. The van der Waals surface area contributed by atoms with Crippen LogP contribution in [0.4, 0.5) is 4.39 Å². The minimum atomic E-state index is -0.357. The van der Waals surface area contributed by atoms with Crippen LogP contribution in [-0.2, 0) is 4.74 Å². The molecule has 1 fully saturated rings. The van der Waals surface area contributed by atoms with Crippen molar-refractivity contribution in [3.05, 3.63) is 35.1 Å². The average molecular weight is 222 g/mol. The molecule has 16 heavy (non-hydrogen) atoms. The van der Waals surface area contributed by atoms with Crippen LogP contribution in [0.5, 0.6) is 0 Å². The Labute approximate surface area is 94.4 Å². The first-order chi connectivity index (χ1) is 7.59. The summed E-state index contributed by atoms with van der Waals surface area (Å²) in [6.07, 6.45) is 0.556. The van der Waals surface area contributed by atoms with Gasteiger partial charge in [0, 0.05) is 12.2 Å². The summed E-state index contributed by atoms with van der Waals surface area (Å²) in [6.45, 7) is 4.39. The zero-order valence-corrected chi connectivity index (χ0v) is 9.50. The SMILES string of the molecule is Cc1cc(F)ccc1C(=O)C1OCCC1C. The molecule has 1 aromatic rings. The summed E-state index contributed by atoms with van der Waals surface area (Å²) in [4.78, 5) is 12.1. The van der Waals surface area contributed by atoms with Crippen LogP contribution in [0.3, 0.4) is 0 Å². The number of carbonyl (C=O) groups excluding carboxylic acids is 1. The third kappa shape index (κ3) is 2.00. The Morgan fingerprint density at radius 1 is 1.50 bits per heavy atom. The maximum absolute atomic E-state index is 12.9. The summed E-state index contributed by atoms with van der Waals surface area (Å²) >= 11 is 0. The predicted molar refractivity (Wildman–Crippen MR) is 59.0 cm³/mol. The number of carbonyl (C=O) groups is 1. The van der Waals surface area contributed by atoms with Crippen LogP contribution in [0, 0.1) is 18.7 Å². The second kappa shape index (κ2) is 4.34. The fraction of sp³-hybridized carbons (Fsp3) is 0.462. The molecular weight excluding hydrogens is 207 g/mol. The molecule has 1 aliphatic heterocycles. The van der Waals surface area contributed by atoms with Gasteiger partial charge in [0.05, 0.1) is 0 Å². The highest BCUT2D eigenvalue weighted by Gasteiger charge is 2.32. The maximum atomic E-state index is 12.9. The third-order valence-corrected chi connectivity index (χ3v) is 3.10. The standard InChI is InChI=1S/C13H15FO2/c1-8-5-6-16-13(8)12(15)11-4-3-10(14)7-9(11)2/h3-4,7-8,13H,5-6H2,1-2H3. The van der Waals surface area contributed by atoms with E-state index < -0.39 is 0 Å². The summed E-state index contributed by atoms with van der Waals surface area (Å²) in [5.74, 6) is -0.0890. The Bertz CT molecular complexity index is 414. The lowest BCUT2D eigenvalue weighted by atomic mass is 9.94. The highest BCUT2D eigenvalue weighted by Crippen LogP contribution is 2.24. The molecule has 3 heteroatoms. The van der Waals surface area contributed by atoms with Gasteiger partial charge in [-0.2, -0.15) is 0 Å². The lowest BCUT2D eigenvalue weighted by molar-refractivity contribution is 0.0578. The monoisotopic (exact) mass is 222 g/mol. The first kappa shape index (κ1) is 11.3. The van der Waals surface area contributed by atoms with Crippen molar-refractivity contribution in [2.75, 3.05) is 6.61 Å². The van der Waals surface area contributed by atoms with E-state index in [4.69, 9.17) is 4.74 Å². The van der Waals surface area contributed by atoms with E-state index in [0.29, 0.717) is 17.7 Å². The fourth-order valence-electron chi connectivity index (χ4n) is 2.09. The molecule has 0 N–H and O–H groups in total. The Morgan fingerprint density at radius 3 is 2.81 bits per heavy atom. The zero-order valence-electron chi connectivity index (χ0n) is 9.50. The van der Waals surface area contributed by atoms with Gasteiger partial charge in [0.25, 0.3) is 0 Å². The van der Waals surface area contributed by atoms with E-state index >= 15 is 0 Å². The highest BCUT2D eigenvalue weighted by atomic mass is 19.1. The molecule has 0 aliphatic carbocycles. The van der Waals surface area contributed by atoms with Crippen LogP contribution in [-0.4, -0.2) is 18.5 Å². The molecule has 1 aliphatic rings. The van der Waals surface area contributed by atoms with Crippen LogP contribution in [0.25, 0.3) is 0 Å². The number of hydrogen-bond donors (Lipinski definition) is 0. The van der Waals surface area contributed by atoms with Gasteiger partial charge in [0.2, 0.25) is 0 Å². The Balaban J connectivity index is 2.27. The van der Waals surface area contributed by atoms with Gasteiger partial charge in [0.15, 0.2) is 5.78 Å². The van der Waals surface area contributed by atoms with Gasteiger partial charge in [-0.15, -0.1) is 0 Å². The van der Waals surface area contributed by atoms with Crippen LogP contribution < -0.4 is 0 Å². The lowest BCUT2D eigenvalue weighted by Crippen LogP contribution is -2.25. The summed E-state index contributed by atoms with van der Waals surface area (Å²) in [6, 6.07) is 4.24. The van der Waals surface area contributed by atoms with Crippen molar-refractivity contribution in [3.63, 3.8) is 0 Å². The van der Waals surface area contributed by atoms with Crippen molar-refractivity contribution >= 4 is 5.78 Å². The van der Waals surface area contributed by atoms with E-state index in [1.165, 1.54) is 12.1 Å². The summed E-state index contributed by atoms with van der Waals surface area (Å²) in [5.41, 5.74) is 1.24. The van der Waals surface area contributed by atoms with Crippen LogP contribution in [0.15, 0.2) is 18.2 Å². The maximum Gasteiger partial charge on any atom is 0.192 e. The number of Topliss-reactive ketones (excluding diaryl/α,β-unsaturated/α-hetero) is 1. The summed E-state index contributed by atoms with van der Waals surface area (Å²) in [5, 5.41) is 0.